The van der Waals surface area contributed by atoms with Gasteiger partial charge < -0.3 is 4.42 Å². The molecule has 0 saturated carbocycles. The second-order valence-corrected chi connectivity index (χ2v) is 6.69. The number of rotatable bonds is 3. The van der Waals surface area contributed by atoms with E-state index in [0.717, 1.165) is 27.2 Å². The zero-order chi connectivity index (χ0) is 19.7. The fraction of sp³-hybridized carbons (Fsp3) is 0.238. The van der Waals surface area contributed by atoms with Gasteiger partial charge in [-0.05, 0) is 51.0 Å². The number of hydrogen-bond donors (Lipinski definition) is 0. The molecule has 2 aromatic carbocycles. The Kier molecular flexibility index (Phi) is 4.90. The van der Waals surface area contributed by atoms with E-state index in [0.29, 0.717) is 11.1 Å². The minimum atomic E-state index is -0.499. The average Bonchev–Trinajstić information content (AvgIpc) is 3.00. The van der Waals surface area contributed by atoms with Gasteiger partial charge in [-0.15, -0.1) is 5.10 Å². The Labute approximate surface area is 157 Å². The van der Waals surface area contributed by atoms with Gasteiger partial charge in [-0.25, -0.2) is 0 Å². The molecule has 0 aliphatic carbocycles. The second-order valence-electron chi connectivity index (χ2n) is 6.69. The highest BCUT2D eigenvalue weighted by molar-refractivity contribution is 6.25. The molecule has 6 nitrogen and oxygen atoms in total. The number of aryl methyl sites for hydroxylation is 5. The fourth-order valence-corrected chi connectivity index (χ4v) is 2.99. The zero-order valence-corrected chi connectivity index (χ0v) is 16.0. The molecule has 0 radical (unpaired) electrons. The number of carbonyl (C=O) groups is 2. The molecule has 6 heteroatoms. The number of carbonyl (C=O) groups excluding carboxylic acids is 2. The van der Waals surface area contributed by atoms with Gasteiger partial charge in [-0.1, -0.05) is 40.5 Å². The van der Waals surface area contributed by atoms with Crippen molar-refractivity contribution in [3.05, 3.63) is 75.7 Å². The highest BCUT2D eigenvalue weighted by Crippen LogP contribution is 2.23. The quantitative estimate of drug-likeness (QED) is 0.655. The highest BCUT2D eigenvalue weighted by atomic mass is 16.4. The lowest BCUT2D eigenvalue weighted by Gasteiger charge is -2.19. The van der Waals surface area contributed by atoms with Crippen LogP contribution in [0.25, 0.3) is 0 Å². The maximum absolute atomic E-state index is 13.3. The normalized spacial score (nSPS) is 10.7. The Bertz CT molecular complexity index is 973. The first-order chi connectivity index (χ1) is 12.8. The third-order valence-corrected chi connectivity index (χ3v) is 4.34. The van der Waals surface area contributed by atoms with Gasteiger partial charge in [0.25, 0.3) is 11.8 Å². The lowest BCUT2D eigenvalue weighted by molar-refractivity contribution is 0.0889. The maximum Gasteiger partial charge on any atom is 0.332 e. The van der Waals surface area contributed by atoms with Gasteiger partial charge in [0.05, 0.1) is 0 Å². The topological polar surface area (TPSA) is 76.3 Å². The van der Waals surface area contributed by atoms with Crippen LogP contribution < -0.4 is 4.90 Å². The van der Waals surface area contributed by atoms with E-state index in [9.17, 15) is 9.59 Å². The minimum Gasteiger partial charge on any atom is -0.408 e. The smallest absolute Gasteiger partial charge is 0.332 e. The summed E-state index contributed by atoms with van der Waals surface area (Å²) in [6.07, 6.45) is 0. The van der Waals surface area contributed by atoms with Crippen LogP contribution in [0.15, 0.2) is 40.8 Å². The lowest BCUT2D eigenvalue weighted by atomic mass is 10.0. The molecule has 0 saturated heterocycles. The molecule has 138 valence electrons. The molecule has 0 atom stereocenters. The van der Waals surface area contributed by atoms with Crippen LogP contribution >= 0.6 is 0 Å². The largest absolute Gasteiger partial charge is 0.408 e. The van der Waals surface area contributed by atoms with E-state index in [1.54, 1.807) is 19.1 Å². The van der Waals surface area contributed by atoms with Gasteiger partial charge >= 0.3 is 6.01 Å². The van der Waals surface area contributed by atoms with E-state index in [-0.39, 0.29) is 11.9 Å². The summed E-state index contributed by atoms with van der Waals surface area (Å²) in [4.78, 5) is 27.5. The summed E-state index contributed by atoms with van der Waals surface area (Å²) in [6, 6.07) is 10.7. The van der Waals surface area contributed by atoms with E-state index >= 15 is 0 Å². The summed E-state index contributed by atoms with van der Waals surface area (Å²) in [5, 5.41) is 7.67. The van der Waals surface area contributed by atoms with Crippen LogP contribution in [0.5, 0.6) is 0 Å². The number of amides is 2. The number of nitrogens with zero attached hydrogens (tertiary/aromatic N) is 3. The Morgan fingerprint density at radius 1 is 0.778 bits per heavy atom. The third kappa shape index (κ3) is 3.65. The summed E-state index contributed by atoms with van der Waals surface area (Å²) in [7, 11) is 0. The third-order valence-electron chi connectivity index (χ3n) is 4.34. The Morgan fingerprint density at radius 3 is 1.63 bits per heavy atom. The number of benzene rings is 2. The molecule has 1 heterocycles. The maximum atomic E-state index is 13.3. The van der Waals surface area contributed by atoms with E-state index in [1.165, 1.54) is 0 Å². The molecule has 0 fully saturated rings. The summed E-state index contributed by atoms with van der Waals surface area (Å²) in [6.45, 7) is 9.17. The Balaban J connectivity index is 2.11. The van der Waals surface area contributed by atoms with Gasteiger partial charge in [-0.2, -0.15) is 4.90 Å². The molecule has 0 aliphatic heterocycles. The molecular formula is C21H21N3O3. The van der Waals surface area contributed by atoms with Gasteiger partial charge in [0.2, 0.25) is 5.89 Å². The van der Waals surface area contributed by atoms with Crippen molar-refractivity contribution < 1.29 is 14.0 Å². The molecule has 3 rings (SSSR count). The SMILES string of the molecule is Cc1ccc(C(=O)N(C(=O)c2ccc(C)cc2C)c2nnc(C)o2)c(C)c1. The lowest BCUT2D eigenvalue weighted by Crippen LogP contribution is -2.38. The van der Waals surface area contributed by atoms with Crippen LogP contribution in [0.4, 0.5) is 6.01 Å². The first kappa shape index (κ1) is 18.5. The minimum absolute atomic E-state index is 0.137. The molecule has 1 aromatic heterocycles. The molecule has 0 unspecified atom stereocenters. The van der Waals surface area contributed by atoms with Crippen LogP contribution in [-0.2, 0) is 0 Å². The number of hydrogen-bond acceptors (Lipinski definition) is 5. The number of aromatic nitrogens is 2. The molecule has 3 aromatic rings. The zero-order valence-electron chi connectivity index (χ0n) is 16.0. The predicted octanol–water partition coefficient (Wildman–Crippen LogP) is 4.10. The van der Waals surface area contributed by atoms with Crippen molar-refractivity contribution in [2.75, 3.05) is 4.90 Å². The fourth-order valence-electron chi connectivity index (χ4n) is 2.99. The molecule has 0 bridgehead atoms. The van der Waals surface area contributed by atoms with E-state index < -0.39 is 11.8 Å². The van der Waals surface area contributed by atoms with Crippen LogP contribution in [0, 0.1) is 34.6 Å². The van der Waals surface area contributed by atoms with Crippen LogP contribution in [-0.4, -0.2) is 22.0 Å². The Morgan fingerprint density at radius 2 is 1.26 bits per heavy atom. The van der Waals surface area contributed by atoms with Crippen molar-refractivity contribution in [2.24, 2.45) is 0 Å². The van der Waals surface area contributed by atoms with Crippen molar-refractivity contribution in [3.8, 4) is 0 Å². The molecule has 0 aliphatic rings. The second kappa shape index (κ2) is 7.15. The number of imide groups is 1. The first-order valence-electron chi connectivity index (χ1n) is 8.61. The summed E-state index contributed by atoms with van der Waals surface area (Å²) in [5.74, 6) is -0.723. The van der Waals surface area contributed by atoms with Crippen molar-refractivity contribution in [3.63, 3.8) is 0 Å². The summed E-state index contributed by atoms with van der Waals surface area (Å²) in [5.41, 5.74) is 4.43. The average molecular weight is 363 g/mol. The molecular weight excluding hydrogens is 342 g/mol. The van der Waals surface area contributed by atoms with Crippen LogP contribution in [0.2, 0.25) is 0 Å². The van der Waals surface area contributed by atoms with Crippen molar-refractivity contribution in [2.45, 2.75) is 34.6 Å². The van der Waals surface area contributed by atoms with E-state index in [4.69, 9.17) is 4.42 Å². The van der Waals surface area contributed by atoms with Gasteiger partial charge in [0.15, 0.2) is 0 Å². The van der Waals surface area contributed by atoms with Crippen molar-refractivity contribution >= 4 is 17.8 Å². The summed E-state index contributed by atoms with van der Waals surface area (Å²) < 4.78 is 5.42. The van der Waals surface area contributed by atoms with Crippen LogP contribution in [0.1, 0.15) is 48.9 Å². The van der Waals surface area contributed by atoms with Crippen LogP contribution in [0.3, 0.4) is 0 Å². The number of anilines is 1. The standard InChI is InChI=1S/C21H21N3O3/c1-12-6-8-17(14(3)10-12)19(25)24(21-23-22-16(5)27-21)20(26)18-9-7-13(2)11-15(18)4/h6-11H,1-5H3. The van der Waals surface area contributed by atoms with E-state index in [2.05, 4.69) is 10.2 Å². The Hall–Kier alpha value is -3.28. The van der Waals surface area contributed by atoms with Gasteiger partial charge in [0.1, 0.15) is 0 Å². The summed E-state index contributed by atoms with van der Waals surface area (Å²) >= 11 is 0. The molecule has 0 spiro atoms. The van der Waals surface area contributed by atoms with Gasteiger partial charge in [-0.3, -0.25) is 9.59 Å². The highest BCUT2D eigenvalue weighted by Gasteiger charge is 2.31. The first-order valence-corrected chi connectivity index (χ1v) is 8.61. The predicted molar refractivity (Wildman–Crippen MR) is 102 cm³/mol. The molecule has 27 heavy (non-hydrogen) atoms. The van der Waals surface area contributed by atoms with E-state index in [1.807, 2.05) is 52.0 Å². The monoisotopic (exact) mass is 363 g/mol. The van der Waals surface area contributed by atoms with Crippen molar-refractivity contribution in [1.29, 1.82) is 0 Å². The van der Waals surface area contributed by atoms with Gasteiger partial charge in [0, 0.05) is 18.1 Å². The molecule has 0 N–H and O–H groups in total. The van der Waals surface area contributed by atoms with Crippen molar-refractivity contribution in [1.82, 2.24) is 10.2 Å². The molecule has 2 amide bonds.